The first-order valence-electron chi connectivity index (χ1n) is 38.4. The highest BCUT2D eigenvalue weighted by atomic mass is 79.9. The molecule has 0 amide bonds. The predicted molar refractivity (Wildman–Crippen MR) is 463 cm³/mol. The highest BCUT2D eigenvalue weighted by Crippen LogP contribution is 2.48. The Bertz CT molecular complexity index is 5700. The Balaban J connectivity index is 0.000000127. The average Bonchev–Trinajstić information content (AvgIpc) is 1.61. The third-order valence-corrected chi connectivity index (χ3v) is 26.9. The number of nitrogens with zero attached hydrogens (tertiary/aromatic N) is 4. The molecule has 0 spiro atoms. The molecule has 0 bridgehead atoms. The largest absolute Gasteiger partial charge is 0.495 e. The molecule has 4 atom stereocenters. The number of hydrogen-bond acceptors (Lipinski definition) is 16. The summed E-state index contributed by atoms with van der Waals surface area (Å²) in [5.41, 5.74) is 19.8. The van der Waals surface area contributed by atoms with Crippen molar-refractivity contribution in [3.8, 4) is 109 Å². The van der Waals surface area contributed by atoms with Gasteiger partial charge in [0.25, 0.3) is 0 Å². The van der Waals surface area contributed by atoms with Crippen LogP contribution in [0.3, 0.4) is 0 Å². The van der Waals surface area contributed by atoms with Crippen LogP contribution in [0.25, 0.3) is 73.1 Å². The minimum absolute atomic E-state index is 0.0341. The lowest BCUT2D eigenvalue weighted by molar-refractivity contribution is 0.00578. The first-order chi connectivity index (χ1) is 55.4. The number of nitriles is 4. The van der Waals surface area contributed by atoms with Gasteiger partial charge in [0.15, 0.2) is 0 Å². The second-order valence-corrected chi connectivity index (χ2v) is 35.9. The molecule has 1 saturated heterocycles. The van der Waals surface area contributed by atoms with E-state index in [-0.39, 0.29) is 66.1 Å². The van der Waals surface area contributed by atoms with Gasteiger partial charge in [0.05, 0.1) is 73.9 Å². The highest BCUT2D eigenvalue weighted by molar-refractivity contribution is 9.11. The van der Waals surface area contributed by atoms with E-state index in [4.69, 9.17) is 43.5 Å². The van der Waals surface area contributed by atoms with E-state index in [0.717, 1.165) is 102 Å². The molecular formula is C95H88BBrF2N4O8S4. The number of halogens is 3. The van der Waals surface area contributed by atoms with Crippen LogP contribution in [0.5, 0.6) is 11.5 Å². The van der Waals surface area contributed by atoms with Crippen LogP contribution in [-0.4, -0.2) is 57.0 Å². The van der Waals surface area contributed by atoms with Crippen LogP contribution < -0.4 is 14.9 Å². The summed E-state index contributed by atoms with van der Waals surface area (Å²) in [5, 5.41) is 46.8. The fraction of sp³-hybridized carbons (Fsp3) is 0.284. The van der Waals surface area contributed by atoms with E-state index in [9.17, 15) is 24.4 Å². The van der Waals surface area contributed by atoms with E-state index >= 15 is 0 Å². The first-order valence-corrected chi connectivity index (χ1v) is 42.5. The van der Waals surface area contributed by atoms with Crippen molar-refractivity contribution in [1.29, 1.82) is 21.0 Å². The van der Waals surface area contributed by atoms with E-state index in [2.05, 4.69) is 147 Å². The van der Waals surface area contributed by atoms with Crippen molar-refractivity contribution in [3.05, 3.63) is 276 Å². The third kappa shape index (κ3) is 18.4. The van der Waals surface area contributed by atoms with Crippen molar-refractivity contribution in [2.75, 3.05) is 21.3 Å². The minimum Gasteiger partial charge on any atom is -0.490 e. The zero-order chi connectivity index (χ0) is 81.4. The summed E-state index contributed by atoms with van der Waals surface area (Å²) < 4.78 is 68.2. The van der Waals surface area contributed by atoms with Gasteiger partial charge in [-0.25, -0.2) is 8.78 Å². The number of aliphatic hydroxyl groups is 1. The molecule has 8 aromatic carbocycles. The topological polar surface area (TPSA) is 180 Å². The summed E-state index contributed by atoms with van der Waals surface area (Å²) >= 11 is 10.1. The fourth-order valence-corrected chi connectivity index (χ4v) is 19.8. The maximum absolute atomic E-state index is 13.5. The lowest BCUT2D eigenvalue weighted by atomic mass is 9.75. The normalized spacial score (nSPS) is 16.8. The number of rotatable bonds is 15. The summed E-state index contributed by atoms with van der Waals surface area (Å²) in [5.74, 6) is 0.318. The molecule has 584 valence electrons. The summed E-state index contributed by atoms with van der Waals surface area (Å²) in [6.07, 6.45) is 8.28. The summed E-state index contributed by atoms with van der Waals surface area (Å²) in [7, 11) is 5.05. The number of aliphatic hydroxyl groups excluding tert-OH is 1. The molecule has 0 saturated carbocycles. The van der Waals surface area contributed by atoms with Crippen molar-refractivity contribution in [2.24, 2.45) is 0 Å². The standard InChI is InChI=1S/C24H23NO2S.C23H21NO2S.C21H16FNOS.C16H23BO3.C11H5BrFNS/c1-15(2)27-21-9-7-16(13-17(21)14-25)23-11-12-24(28-23)20-6-4-5-19-18(20)8-10-22(19)26-3;1-14(2)26-21-9-6-15(12-16(21)13-24)22-10-11-23(27-22)19-5-3-4-18-17(19)7-8-20(18)25;1-24-19-8-6-15-16(19)3-2-4-17(15)21-10-9-20(25-21)13-5-7-18(22)14(11-13)12-23;1-15(2)16(3,4)20-17(19-15)13-8-6-7-12-11(13)9-10-14(12)18-5;12-11-4-3-10(15-11)7-1-2-9(13)8(5-7)6-14/h4-7,9,11-13,15,22H,8,10H2,1-3H3;3-6,9-12,14,20,25H,7-8H2,1-2H3;2-5,7,9-11,19H,6,8H2,1H3;6-8,14H,9-10H2,1-5H3;1-5H/t22-;20-;19-;14-;/m1111./s1. The van der Waals surface area contributed by atoms with Crippen LogP contribution >= 0.6 is 61.3 Å². The summed E-state index contributed by atoms with van der Waals surface area (Å²) in [6.45, 7) is 16.2. The fourth-order valence-electron chi connectivity index (χ4n) is 15.3. The maximum atomic E-state index is 13.5. The molecule has 1 aliphatic heterocycles. The van der Waals surface area contributed by atoms with E-state index in [1.165, 1.54) is 87.9 Å². The monoisotopic (exact) mass is 1670 g/mol. The lowest BCUT2D eigenvalue weighted by Gasteiger charge is -2.32. The third-order valence-electron chi connectivity index (χ3n) is 21.7. The summed E-state index contributed by atoms with van der Waals surface area (Å²) in [6, 6.07) is 71.1. The second-order valence-electron chi connectivity index (χ2n) is 30.2. The van der Waals surface area contributed by atoms with E-state index in [1.54, 1.807) is 90.9 Å². The van der Waals surface area contributed by atoms with Crippen molar-refractivity contribution in [1.82, 2.24) is 0 Å². The molecule has 17 rings (SSSR count). The molecule has 1 N–H and O–H groups in total. The van der Waals surface area contributed by atoms with Gasteiger partial charge in [0, 0.05) is 55.5 Å². The van der Waals surface area contributed by atoms with Crippen molar-refractivity contribution >= 4 is 73.9 Å². The highest BCUT2D eigenvalue weighted by Gasteiger charge is 2.52. The van der Waals surface area contributed by atoms with Gasteiger partial charge in [-0.2, -0.15) is 21.0 Å². The molecule has 5 heterocycles. The number of thiophene rings is 4. The summed E-state index contributed by atoms with van der Waals surface area (Å²) in [4.78, 5) is 7.95. The second kappa shape index (κ2) is 36.6. The van der Waals surface area contributed by atoms with E-state index < -0.39 is 11.6 Å². The Morgan fingerprint density at radius 3 is 1.13 bits per heavy atom. The molecule has 12 nitrogen and oxygen atoms in total. The predicted octanol–water partition coefficient (Wildman–Crippen LogP) is 24.6. The van der Waals surface area contributed by atoms with E-state index in [1.807, 2.05) is 107 Å². The Hall–Kier alpha value is -9.72. The Labute approximate surface area is 697 Å². The molecule has 5 aliphatic rings. The van der Waals surface area contributed by atoms with Crippen LogP contribution in [-0.2, 0) is 49.2 Å². The van der Waals surface area contributed by atoms with Gasteiger partial charge in [-0.1, -0.05) is 84.9 Å². The molecular weight excluding hydrogens is 1580 g/mol. The number of hydrogen-bond donors (Lipinski definition) is 1. The van der Waals surface area contributed by atoms with Gasteiger partial charge in [0.2, 0.25) is 0 Å². The van der Waals surface area contributed by atoms with E-state index in [0.29, 0.717) is 22.6 Å². The Morgan fingerprint density at radius 2 is 0.748 bits per heavy atom. The molecule has 4 aromatic heterocycles. The van der Waals surface area contributed by atoms with Gasteiger partial charge in [-0.15, -0.1) is 45.3 Å². The van der Waals surface area contributed by atoms with Gasteiger partial charge in [-0.05, 0) is 321 Å². The van der Waals surface area contributed by atoms with Gasteiger partial charge < -0.3 is 38.1 Å². The first kappa shape index (κ1) is 83.2. The minimum atomic E-state index is -0.477. The van der Waals surface area contributed by atoms with Crippen LogP contribution in [0.2, 0.25) is 0 Å². The van der Waals surface area contributed by atoms with Crippen LogP contribution in [0, 0.1) is 57.0 Å². The molecule has 0 unspecified atom stereocenters. The van der Waals surface area contributed by atoms with Crippen molar-refractivity contribution in [2.45, 2.75) is 155 Å². The molecule has 1 fully saturated rings. The van der Waals surface area contributed by atoms with Gasteiger partial charge in [0.1, 0.15) is 47.4 Å². The van der Waals surface area contributed by atoms with Crippen molar-refractivity contribution in [3.63, 3.8) is 0 Å². The molecule has 20 heteroatoms. The number of ether oxygens (including phenoxy) is 5. The quantitative estimate of drug-likeness (QED) is 0.0961. The number of methoxy groups -OCH3 is 3. The molecule has 0 radical (unpaired) electrons. The van der Waals surface area contributed by atoms with Gasteiger partial charge >= 0.3 is 7.12 Å². The number of fused-ring (bicyclic) bond motifs is 4. The Morgan fingerprint density at radius 1 is 0.417 bits per heavy atom. The molecule has 12 aromatic rings. The van der Waals surface area contributed by atoms with Crippen LogP contribution in [0.1, 0.15) is 172 Å². The zero-order valence-electron chi connectivity index (χ0n) is 66.0. The van der Waals surface area contributed by atoms with Gasteiger partial charge in [-0.3, -0.25) is 0 Å². The Kier molecular flexibility index (Phi) is 26.5. The number of benzene rings is 8. The zero-order valence-corrected chi connectivity index (χ0v) is 70.9. The van der Waals surface area contributed by atoms with Crippen LogP contribution in [0.4, 0.5) is 8.78 Å². The maximum Gasteiger partial charge on any atom is 0.495 e. The SMILES string of the molecule is CC(C)Oc1ccc(-c2ccc(-c3cccc4c3CC[C@H]4O)s2)cc1C#N.CO[C@@H]1CCc2c(-c3ccc(-c4ccc(F)c(C#N)c4)s3)cccc21.CO[C@@H]1CCc2c(-c3ccc(-c4ccc(OC(C)C)c(C#N)c4)s3)cccc21.CO[C@@H]1CCc2c(B3OC(C)(C)C(C)(C)O3)cccc21.N#Cc1cc(-c2ccc(Br)s2)ccc1F. The lowest BCUT2D eigenvalue weighted by Crippen LogP contribution is -2.41. The average molecular weight is 1670 g/mol. The van der Waals surface area contributed by atoms with Crippen LogP contribution in [0.15, 0.2) is 198 Å². The molecule has 4 aliphatic carbocycles. The van der Waals surface area contributed by atoms with Crippen molar-refractivity contribution < 1.29 is 46.9 Å². The molecule has 115 heavy (non-hydrogen) atoms. The smallest absolute Gasteiger partial charge is 0.490 e.